The van der Waals surface area contributed by atoms with E-state index in [2.05, 4.69) is 0 Å². The number of carbonyl (C=O) groups excluding carboxylic acids is 2. The highest BCUT2D eigenvalue weighted by Gasteiger charge is 2.69. The summed E-state index contributed by atoms with van der Waals surface area (Å²) in [6, 6.07) is 16.1. The van der Waals surface area contributed by atoms with Crippen molar-refractivity contribution in [3.05, 3.63) is 71.8 Å². The topological polar surface area (TPSA) is 47.1 Å². The predicted molar refractivity (Wildman–Crippen MR) is 102 cm³/mol. The van der Waals surface area contributed by atoms with Crippen LogP contribution < -0.4 is 0 Å². The maximum Gasteiger partial charge on any atom is 0.354 e. The number of urea groups is 2. The van der Waals surface area contributed by atoms with Gasteiger partial charge in [0.2, 0.25) is 0 Å². The van der Waals surface area contributed by atoms with E-state index in [1.165, 1.54) is 0 Å². The zero-order valence-electron chi connectivity index (χ0n) is 13.6. The van der Waals surface area contributed by atoms with Crippen LogP contribution in [-0.4, -0.2) is 29.7 Å². The molecule has 140 valence electrons. The zero-order valence-corrected chi connectivity index (χ0v) is 16.6. The summed E-state index contributed by atoms with van der Waals surface area (Å²) < 4.78 is 3.35. The number of hydrogen-bond acceptors (Lipinski definition) is 2. The lowest BCUT2D eigenvalue weighted by atomic mass is 9.80. The maximum absolute atomic E-state index is 13.0. The van der Waals surface area contributed by atoms with Crippen molar-refractivity contribution in [1.29, 1.82) is 0 Å². The molecular weight excluding hydrogens is 434 g/mol. The van der Waals surface area contributed by atoms with Crippen LogP contribution in [0.25, 0.3) is 0 Å². The molecule has 0 saturated carbocycles. The number of amides is 4. The molecule has 2 aliphatic rings. The standard InChI is InChI=1S/C17H12Cl4N4O2/c18-22-14(26)24(20)17(13-9-5-2-6-10-13)11-16(22,12-7-3-1-4-8-12)23(19)15(27)25(17)21/h1-10H,11H2. The summed E-state index contributed by atoms with van der Waals surface area (Å²) in [6.45, 7) is 0. The first-order valence-corrected chi connectivity index (χ1v) is 9.25. The van der Waals surface area contributed by atoms with Gasteiger partial charge in [0.15, 0.2) is 11.3 Å². The third kappa shape index (κ3) is 2.27. The first kappa shape index (κ1) is 18.5. The van der Waals surface area contributed by atoms with Crippen molar-refractivity contribution in [1.82, 2.24) is 17.7 Å². The van der Waals surface area contributed by atoms with Crippen LogP contribution >= 0.6 is 47.1 Å². The highest BCUT2D eigenvalue weighted by molar-refractivity contribution is 6.33. The minimum absolute atomic E-state index is 0.0194. The Morgan fingerprint density at radius 1 is 0.593 bits per heavy atom. The summed E-state index contributed by atoms with van der Waals surface area (Å²) in [7, 11) is 0. The molecule has 2 fully saturated rings. The zero-order chi connectivity index (χ0) is 19.4. The van der Waals surface area contributed by atoms with Crippen LogP contribution in [0.3, 0.4) is 0 Å². The van der Waals surface area contributed by atoms with E-state index in [4.69, 9.17) is 47.1 Å². The van der Waals surface area contributed by atoms with E-state index in [0.29, 0.717) is 11.1 Å². The van der Waals surface area contributed by atoms with Crippen LogP contribution in [-0.2, 0) is 11.3 Å². The summed E-state index contributed by atoms with van der Waals surface area (Å²) in [5.41, 5.74) is -1.89. The molecule has 0 spiro atoms. The van der Waals surface area contributed by atoms with Crippen LogP contribution in [0.4, 0.5) is 9.59 Å². The maximum atomic E-state index is 13.0. The van der Waals surface area contributed by atoms with E-state index in [9.17, 15) is 9.59 Å². The monoisotopic (exact) mass is 444 g/mol. The Labute approximate surface area is 175 Å². The fraction of sp³-hybridized carbons (Fsp3) is 0.176. The fourth-order valence-corrected chi connectivity index (χ4v) is 5.02. The Balaban J connectivity index is 2.03. The van der Waals surface area contributed by atoms with E-state index >= 15 is 0 Å². The highest BCUT2D eigenvalue weighted by Crippen LogP contribution is 2.58. The van der Waals surface area contributed by atoms with Gasteiger partial charge in [-0.3, -0.25) is 0 Å². The summed E-state index contributed by atoms with van der Waals surface area (Å²) in [5, 5.41) is 0. The van der Waals surface area contributed by atoms with Crippen LogP contribution in [0.15, 0.2) is 60.7 Å². The number of rotatable bonds is 2. The van der Waals surface area contributed by atoms with Crippen molar-refractivity contribution in [3.8, 4) is 0 Å². The van der Waals surface area contributed by atoms with Crippen molar-refractivity contribution in [2.45, 2.75) is 17.7 Å². The molecule has 0 radical (unpaired) electrons. The van der Waals surface area contributed by atoms with Crippen molar-refractivity contribution in [2.24, 2.45) is 0 Å². The smallest absolute Gasteiger partial charge is 0.245 e. The Bertz CT molecular complexity index is 801. The van der Waals surface area contributed by atoms with Crippen molar-refractivity contribution >= 4 is 59.2 Å². The lowest BCUT2D eigenvalue weighted by molar-refractivity contribution is -0.0871. The van der Waals surface area contributed by atoms with Crippen LogP contribution in [0.5, 0.6) is 0 Å². The van der Waals surface area contributed by atoms with Crippen LogP contribution in [0.2, 0.25) is 0 Å². The van der Waals surface area contributed by atoms with E-state index in [1.54, 1.807) is 60.7 Å². The van der Waals surface area contributed by atoms with Gasteiger partial charge in [0.05, 0.1) is 0 Å². The Kier molecular flexibility index (Phi) is 4.35. The van der Waals surface area contributed by atoms with Crippen molar-refractivity contribution in [3.63, 3.8) is 0 Å². The number of hydrogen-bond donors (Lipinski definition) is 0. The fourth-order valence-electron chi connectivity index (χ4n) is 3.63. The molecule has 2 aromatic carbocycles. The number of halogens is 4. The molecule has 4 amide bonds. The van der Waals surface area contributed by atoms with E-state index in [0.717, 1.165) is 17.7 Å². The molecule has 6 nitrogen and oxygen atoms in total. The van der Waals surface area contributed by atoms with Crippen LogP contribution in [0.1, 0.15) is 17.5 Å². The summed E-state index contributed by atoms with van der Waals surface area (Å²) in [4.78, 5) is 26.0. The third-order valence-electron chi connectivity index (χ3n) is 4.94. The Morgan fingerprint density at radius 3 is 1.19 bits per heavy atom. The van der Waals surface area contributed by atoms with Gasteiger partial charge in [-0.2, -0.15) is 0 Å². The lowest BCUT2D eigenvalue weighted by Crippen LogP contribution is -2.76. The Morgan fingerprint density at radius 2 is 0.889 bits per heavy atom. The number of benzene rings is 2. The molecule has 2 aliphatic heterocycles. The molecule has 10 heteroatoms. The molecule has 2 bridgehead atoms. The molecular formula is C17H12Cl4N4O2. The third-order valence-corrected chi connectivity index (χ3v) is 6.63. The van der Waals surface area contributed by atoms with Crippen molar-refractivity contribution in [2.75, 3.05) is 0 Å². The van der Waals surface area contributed by atoms with Crippen LogP contribution in [0, 0.1) is 0 Å². The second-order valence-electron chi connectivity index (χ2n) is 6.23. The predicted octanol–water partition coefficient (Wildman–Crippen LogP) is 5.17. The molecule has 4 rings (SSSR count). The van der Waals surface area contributed by atoms with Gasteiger partial charge < -0.3 is 0 Å². The second-order valence-corrected chi connectivity index (χ2v) is 7.58. The van der Waals surface area contributed by atoms with Gasteiger partial charge in [0.25, 0.3) is 0 Å². The SMILES string of the molecule is O=C1N(Cl)C2(c3ccccc3)CC(c3ccccc3)(N1Cl)N(Cl)C(=O)N2Cl. The molecule has 0 aliphatic carbocycles. The molecule has 0 N–H and O–H groups in total. The van der Waals surface area contributed by atoms with Gasteiger partial charge in [-0.15, -0.1) is 0 Å². The lowest BCUT2D eigenvalue weighted by Gasteiger charge is -2.61. The van der Waals surface area contributed by atoms with Gasteiger partial charge in [-0.25, -0.2) is 27.3 Å². The number of nitrogens with zero attached hydrogens (tertiary/aromatic N) is 4. The van der Waals surface area contributed by atoms with E-state index in [-0.39, 0.29) is 6.42 Å². The average molecular weight is 446 g/mol. The van der Waals surface area contributed by atoms with Gasteiger partial charge >= 0.3 is 12.1 Å². The molecule has 2 heterocycles. The minimum atomic E-state index is -1.49. The molecule has 2 saturated heterocycles. The quantitative estimate of drug-likeness (QED) is 0.598. The van der Waals surface area contributed by atoms with Gasteiger partial charge in [0.1, 0.15) is 0 Å². The first-order valence-electron chi connectivity index (χ1n) is 7.90. The molecule has 0 unspecified atom stereocenters. The molecule has 27 heavy (non-hydrogen) atoms. The second kappa shape index (κ2) is 6.34. The first-order chi connectivity index (χ1) is 12.9. The van der Waals surface area contributed by atoms with E-state index in [1.807, 2.05) is 0 Å². The van der Waals surface area contributed by atoms with Crippen molar-refractivity contribution < 1.29 is 9.59 Å². The van der Waals surface area contributed by atoms with Gasteiger partial charge in [-0.1, -0.05) is 60.7 Å². The molecule has 0 atom stereocenters. The Hall–Kier alpha value is -1.86. The number of carbonyl (C=O) groups is 2. The van der Waals surface area contributed by atoms with Gasteiger partial charge in [-0.05, 0) is 0 Å². The average Bonchev–Trinajstić information content (AvgIpc) is 2.72. The minimum Gasteiger partial charge on any atom is -0.245 e. The summed E-state index contributed by atoms with van der Waals surface area (Å²) in [6.07, 6.45) is 0.0194. The number of fused-ring (bicyclic) bond motifs is 2. The summed E-state index contributed by atoms with van der Waals surface area (Å²) >= 11 is 25.6. The molecule has 0 aromatic heterocycles. The normalized spacial score (nSPS) is 28.0. The van der Waals surface area contributed by atoms with E-state index < -0.39 is 23.4 Å². The summed E-state index contributed by atoms with van der Waals surface area (Å²) in [5.74, 6) is 0. The van der Waals surface area contributed by atoms with Gasteiger partial charge in [0, 0.05) is 64.7 Å². The highest BCUT2D eigenvalue weighted by atomic mass is 35.5. The largest absolute Gasteiger partial charge is 0.354 e. The molecule has 2 aromatic rings.